The minimum absolute atomic E-state index is 0.0778. The zero-order valence-corrected chi connectivity index (χ0v) is 17.2. The first-order valence-corrected chi connectivity index (χ1v) is 9.73. The summed E-state index contributed by atoms with van der Waals surface area (Å²) in [5.41, 5.74) is 2.77. The van der Waals surface area contributed by atoms with E-state index in [0.29, 0.717) is 11.3 Å². The number of hydrogen-bond acceptors (Lipinski definition) is 5. The van der Waals surface area contributed by atoms with E-state index in [1.807, 2.05) is 24.3 Å². The first kappa shape index (κ1) is 21.8. The highest BCUT2D eigenvalue weighted by atomic mass is 16.5. The SMILES string of the molecule is CC(=O)N[C@@H](Cc1c[nH]c2ccccc12)C(=O)OCC(=O)Nc1ccc(C(C)=O)cc1. The molecule has 160 valence electrons. The fourth-order valence-electron chi connectivity index (χ4n) is 3.18. The Morgan fingerprint density at radius 3 is 2.39 bits per heavy atom. The fraction of sp³-hybridized carbons (Fsp3) is 0.217. The van der Waals surface area contributed by atoms with Gasteiger partial charge in [0.25, 0.3) is 5.91 Å². The van der Waals surface area contributed by atoms with Gasteiger partial charge in [-0.05, 0) is 42.8 Å². The summed E-state index contributed by atoms with van der Waals surface area (Å²) in [6.07, 6.45) is 2.00. The molecule has 2 amide bonds. The van der Waals surface area contributed by atoms with Gasteiger partial charge in [-0.3, -0.25) is 14.4 Å². The topological polar surface area (TPSA) is 117 Å². The smallest absolute Gasteiger partial charge is 0.329 e. The summed E-state index contributed by atoms with van der Waals surface area (Å²) >= 11 is 0. The summed E-state index contributed by atoms with van der Waals surface area (Å²) < 4.78 is 5.13. The van der Waals surface area contributed by atoms with Crippen molar-refractivity contribution in [3.63, 3.8) is 0 Å². The van der Waals surface area contributed by atoms with Crippen molar-refractivity contribution in [2.24, 2.45) is 0 Å². The monoisotopic (exact) mass is 421 g/mol. The van der Waals surface area contributed by atoms with Gasteiger partial charge in [0.15, 0.2) is 12.4 Å². The molecule has 8 heteroatoms. The van der Waals surface area contributed by atoms with E-state index < -0.39 is 24.5 Å². The number of aromatic nitrogens is 1. The van der Waals surface area contributed by atoms with E-state index in [1.54, 1.807) is 30.5 Å². The maximum atomic E-state index is 12.6. The number of benzene rings is 2. The lowest BCUT2D eigenvalue weighted by Crippen LogP contribution is -2.43. The normalized spacial score (nSPS) is 11.5. The predicted molar refractivity (Wildman–Crippen MR) is 116 cm³/mol. The van der Waals surface area contributed by atoms with E-state index in [4.69, 9.17) is 4.74 Å². The van der Waals surface area contributed by atoms with Crippen molar-refractivity contribution in [1.29, 1.82) is 0 Å². The van der Waals surface area contributed by atoms with Crippen molar-refractivity contribution >= 4 is 40.2 Å². The van der Waals surface area contributed by atoms with Crippen LogP contribution in [0.3, 0.4) is 0 Å². The minimum Gasteiger partial charge on any atom is -0.454 e. The third kappa shape index (κ3) is 5.79. The average Bonchev–Trinajstić information content (AvgIpc) is 3.14. The van der Waals surface area contributed by atoms with Crippen LogP contribution >= 0.6 is 0 Å². The lowest BCUT2D eigenvalue weighted by molar-refractivity contribution is -0.150. The lowest BCUT2D eigenvalue weighted by Gasteiger charge is -2.16. The third-order valence-electron chi connectivity index (χ3n) is 4.68. The molecule has 0 aliphatic rings. The van der Waals surface area contributed by atoms with Crippen molar-refractivity contribution in [2.45, 2.75) is 26.3 Å². The van der Waals surface area contributed by atoms with Crippen LogP contribution in [0.5, 0.6) is 0 Å². The Labute approximate surface area is 179 Å². The van der Waals surface area contributed by atoms with Crippen LogP contribution in [0.15, 0.2) is 54.7 Å². The lowest BCUT2D eigenvalue weighted by atomic mass is 10.0. The van der Waals surface area contributed by atoms with Crippen LogP contribution in [0.1, 0.15) is 29.8 Å². The van der Waals surface area contributed by atoms with Crippen LogP contribution in [-0.2, 0) is 25.5 Å². The highest BCUT2D eigenvalue weighted by Gasteiger charge is 2.23. The molecule has 1 aromatic heterocycles. The van der Waals surface area contributed by atoms with E-state index in [-0.39, 0.29) is 18.1 Å². The van der Waals surface area contributed by atoms with Crippen LogP contribution < -0.4 is 10.6 Å². The number of H-pyrrole nitrogens is 1. The van der Waals surface area contributed by atoms with E-state index in [1.165, 1.54) is 13.8 Å². The van der Waals surface area contributed by atoms with Gasteiger partial charge < -0.3 is 20.4 Å². The molecule has 3 aromatic rings. The number of amides is 2. The summed E-state index contributed by atoms with van der Waals surface area (Å²) in [6, 6.07) is 13.1. The number of ketones is 1. The molecule has 0 unspecified atom stereocenters. The predicted octanol–water partition coefficient (Wildman–Crippen LogP) is 2.60. The number of fused-ring (bicyclic) bond motifs is 1. The zero-order chi connectivity index (χ0) is 22.4. The summed E-state index contributed by atoms with van der Waals surface area (Å²) in [5.74, 6) is -1.69. The summed E-state index contributed by atoms with van der Waals surface area (Å²) in [5, 5.41) is 6.12. The van der Waals surface area contributed by atoms with Crippen LogP contribution in [-0.4, -0.2) is 41.2 Å². The average molecular weight is 421 g/mol. The number of anilines is 1. The molecule has 0 radical (unpaired) electrons. The van der Waals surface area contributed by atoms with Crippen molar-refractivity contribution < 1.29 is 23.9 Å². The standard InChI is InChI=1S/C23H23N3O5/c1-14(27)16-7-9-18(10-8-16)26-22(29)13-31-23(30)21(25-15(2)28)11-17-12-24-20-6-4-3-5-19(17)20/h3-10,12,21,24H,11,13H2,1-2H3,(H,25,28)(H,26,29)/t21-/m0/s1. The van der Waals surface area contributed by atoms with Crippen LogP contribution in [0.25, 0.3) is 10.9 Å². The summed E-state index contributed by atoms with van der Waals surface area (Å²) in [6.45, 7) is 2.26. The number of ether oxygens (including phenoxy) is 1. The summed E-state index contributed by atoms with van der Waals surface area (Å²) in [7, 11) is 0. The number of nitrogens with one attached hydrogen (secondary N) is 3. The quantitative estimate of drug-likeness (QED) is 0.382. The second-order valence-corrected chi connectivity index (χ2v) is 7.11. The molecular formula is C23H23N3O5. The minimum atomic E-state index is -0.931. The molecule has 0 bridgehead atoms. The van der Waals surface area contributed by atoms with Gasteiger partial charge >= 0.3 is 5.97 Å². The van der Waals surface area contributed by atoms with Gasteiger partial charge in [-0.15, -0.1) is 0 Å². The van der Waals surface area contributed by atoms with Crippen LogP contribution in [0.2, 0.25) is 0 Å². The Morgan fingerprint density at radius 1 is 1.00 bits per heavy atom. The van der Waals surface area contributed by atoms with Crippen molar-refractivity contribution in [2.75, 3.05) is 11.9 Å². The van der Waals surface area contributed by atoms with Gasteiger partial charge in [0, 0.05) is 41.7 Å². The Bertz CT molecular complexity index is 1120. The molecule has 0 saturated heterocycles. The van der Waals surface area contributed by atoms with E-state index in [9.17, 15) is 19.2 Å². The molecule has 3 N–H and O–H groups in total. The molecule has 3 rings (SSSR count). The molecule has 2 aromatic carbocycles. The zero-order valence-electron chi connectivity index (χ0n) is 17.2. The molecule has 0 aliphatic carbocycles. The molecule has 31 heavy (non-hydrogen) atoms. The number of esters is 1. The molecule has 0 fully saturated rings. The number of para-hydroxylation sites is 1. The molecule has 0 spiro atoms. The van der Waals surface area contributed by atoms with Crippen molar-refractivity contribution in [1.82, 2.24) is 10.3 Å². The van der Waals surface area contributed by atoms with Gasteiger partial charge in [-0.25, -0.2) is 4.79 Å². The van der Waals surface area contributed by atoms with Crippen molar-refractivity contribution in [3.8, 4) is 0 Å². The Hall–Kier alpha value is -3.94. The molecular weight excluding hydrogens is 398 g/mol. The van der Waals surface area contributed by atoms with E-state index in [2.05, 4.69) is 15.6 Å². The molecule has 1 atom stereocenters. The van der Waals surface area contributed by atoms with Gasteiger partial charge in [0.2, 0.25) is 5.91 Å². The number of rotatable bonds is 8. The Morgan fingerprint density at radius 2 is 1.71 bits per heavy atom. The van der Waals surface area contributed by atoms with Gasteiger partial charge in [0.05, 0.1) is 0 Å². The number of carbonyl (C=O) groups excluding carboxylic acids is 4. The number of hydrogen-bond donors (Lipinski definition) is 3. The highest BCUT2D eigenvalue weighted by molar-refractivity contribution is 5.96. The first-order chi connectivity index (χ1) is 14.8. The summed E-state index contributed by atoms with van der Waals surface area (Å²) in [4.78, 5) is 50.7. The van der Waals surface area contributed by atoms with Gasteiger partial charge in [-0.1, -0.05) is 18.2 Å². The first-order valence-electron chi connectivity index (χ1n) is 9.73. The maximum absolute atomic E-state index is 12.6. The van der Waals surface area contributed by atoms with Crippen molar-refractivity contribution in [3.05, 3.63) is 65.9 Å². The third-order valence-corrected chi connectivity index (χ3v) is 4.68. The number of aromatic amines is 1. The molecule has 0 aliphatic heterocycles. The second-order valence-electron chi connectivity index (χ2n) is 7.11. The van der Waals surface area contributed by atoms with Gasteiger partial charge in [-0.2, -0.15) is 0 Å². The highest BCUT2D eigenvalue weighted by Crippen LogP contribution is 2.19. The molecule has 0 saturated carbocycles. The Kier molecular flexibility index (Phi) is 6.81. The van der Waals surface area contributed by atoms with Crippen LogP contribution in [0.4, 0.5) is 5.69 Å². The molecule has 1 heterocycles. The van der Waals surface area contributed by atoms with Crippen LogP contribution in [0, 0.1) is 0 Å². The maximum Gasteiger partial charge on any atom is 0.329 e. The Balaban J connectivity index is 1.60. The van der Waals surface area contributed by atoms with E-state index >= 15 is 0 Å². The molecule has 8 nitrogen and oxygen atoms in total. The van der Waals surface area contributed by atoms with Gasteiger partial charge in [0.1, 0.15) is 6.04 Å². The number of carbonyl (C=O) groups is 4. The largest absolute Gasteiger partial charge is 0.454 e. The number of Topliss-reactive ketones (excluding diaryl/α,β-unsaturated/α-hetero) is 1. The second kappa shape index (κ2) is 9.71. The van der Waals surface area contributed by atoms with E-state index in [0.717, 1.165) is 16.5 Å². The fourth-order valence-corrected chi connectivity index (χ4v) is 3.18.